The quantitative estimate of drug-likeness (QED) is 0.847. The number of rotatable bonds is 2. The molecule has 0 radical (unpaired) electrons. The minimum Gasteiger partial charge on any atom is -0.378 e. The molecule has 0 unspecified atom stereocenters. The largest absolute Gasteiger partial charge is 0.378 e. The molecule has 1 aliphatic carbocycles. The van der Waals surface area contributed by atoms with E-state index in [-0.39, 0.29) is 16.8 Å². The maximum absolute atomic E-state index is 14.1. The Morgan fingerprint density at radius 3 is 2.64 bits per heavy atom. The van der Waals surface area contributed by atoms with E-state index in [9.17, 15) is 9.18 Å². The van der Waals surface area contributed by atoms with E-state index in [0.29, 0.717) is 24.8 Å². The number of hydrogen-bond donors (Lipinski definition) is 1. The highest BCUT2D eigenvalue weighted by Crippen LogP contribution is 2.45. The number of aromatic amines is 1. The van der Waals surface area contributed by atoms with Gasteiger partial charge in [0, 0.05) is 43.4 Å². The van der Waals surface area contributed by atoms with Crippen molar-refractivity contribution in [3.05, 3.63) is 45.9 Å². The molecule has 5 rings (SSSR count). The number of ether oxygens (including phenoxy) is 1. The number of pyridine rings is 1. The van der Waals surface area contributed by atoms with Gasteiger partial charge < -0.3 is 14.5 Å². The topological polar surface area (TPSA) is 74.3 Å². The summed E-state index contributed by atoms with van der Waals surface area (Å²) in [5.41, 5.74) is 2.32. The summed E-state index contributed by atoms with van der Waals surface area (Å²) in [5.74, 6) is 0.380. The number of nitrogens with one attached hydrogen (secondary N) is 1. The Morgan fingerprint density at radius 1 is 1.11 bits per heavy atom. The lowest BCUT2D eigenvalue weighted by molar-refractivity contribution is 0.122. The summed E-state index contributed by atoms with van der Waals surface area (Å²) in [6.07, 6.45) is 6.35. The van der Waals surface area contributed by atoms with Gasteiger partial charge in [-0.25, -0.2) is 9.37 Å². The number of fused-ring (bicyclic) bond motifs is 2. The molecule has 0 amide bonds. The minimum atomic E-state index is -0.283. The summed E-state index contributed by atoms with van der Waals surface area (Å²) in [6.45, 7) is 4.29. The van der Waals surface area contributed by atoms with Crippen LogP contribution in [0.25, 0.3) is 0 Å². The minimum absolute atomic E-state index is 0.00836. The van der Waals surface area contributed by atoms with Crippen LogP contribution in [-0.2, 0) is 16.6 Å². The predicted octanol–water partition coefficient (Wildman–Crippen LogP) is 1.62. The van der Waals surface area contributed by atoms with Crippen molar-refractivity contribution in [2.75, 3.05) is 49.2 Å². The Balaban J connectivity index is 1.42. The van der Waals surface area contributed by atoms with Crippen molar-refractivity contribution >= 4 is 11.6 Å². The molecule has 28 heavy (non-hydrogen) atoms. The highest BCUT2D eigenvalue weighted by atomic mass is 19.1. The third-order valence-electron chi connectivity index (χ3n) is 6.48. The van der Waals surface area contributed by atoms with Crippen LogP contribution in [0.2, 0.25) is 0 Å². The van der Waals surface area contributed by atoms with Gasteiger partial charge in [-0.2, -0.15) is 0 Å². The number of anilines is 2. The Hall–Kier alpha value is -2.48. The van der Waals surface area contributed by atoms with Gasteiger partial charge >= 0.3 is 0 Å². The van der Waals surface area contributed by atoms with Gasteiger partial charge in [0.2, 0.25) is 5.95 Å². The highest BCUT2D eigenvalue weighted by molar-refractivity contribution is 5.48. The van der Waals surface area contributed by atoms with Crippen LogP contribution in [0.3, 0.4) is 0 Å². The molecule has 1 N–H and O–H groups in total. The number of nitrogens with zero attached hydrogens (tertiary/aromatic N) is 4. The molecule has 0 bridgehead atoms. The van der Waals surface area contributed by atoms with Crippen LogP contribution in [0.1, 0.15) is 30.5 Å². The van der Waals surface area contributed by atoms with Crippen LogP contribution in [0.5, 0.6) is 0 Å². The fraction of sp³-hybridized carbons (Fsp3) is 0.550. The first kappa shape index (κ1) is 17.6. The molecule has 0 aromatic carbocycles. The van der Waals surface area contributed by atoms with Crippen molar-refractivity contribution in [2.45, 2.75) is 31.1 Å². The van der Waals surface area contributed by atoms with Gasteiger partial charge in [0.1, 0.15) is 0 Å². The monoisotopic (exact) mass is 385 g/mol. The molecule has 4 heterocycles. The molecule has 1 spiro atoms. The molecule has 2 aliphatic heterocycles. The number of aromatic nitrogens is 3. The summed E-state index contributed by atoms with van der Waals surface area (Å²) < 4.78 is 19.5. The zero-order valence-electron chi connectivity index (χ0n) is 15.8. The molecule has 3 aliphatic rings. The van der Waals surface area contributed by atoms with Gasteiger partial charge in [-0.1, -0.05) is 0 Å². The lowest BCUT2D eigenvalue weighted by Crippen LogP contribution is -2.43. The first-order valence-corrected chi connectivity index (χ1v) is 9.97. The molecule has 2 aromatic rings. The van der Waals surface area contributed by atoms with Gasteiger partial charge in [0.15, 0.2) is 5.82 Å². The fourth-order valence-corrected chi connectivity index (χ4v) is 4.85. The number of hydrogen-bond acceptors (Lipinski definition) is 6. The molecule has 2 fully saturated rings. The molecule has 148 valence electrons. The van der Waals surface area contributed by atoms with Crippen LogP contribution >= 0.6 is 0 Å². The maximum atomic E-state index is 14.1. The second-order valence-electron chi connectivity index (χ2n) is 7.91. The first-order valence-electron chi connectivity index (χ1n) is 9.97. The van der Waals surface area contributed by atoms with E-state index in [1.54, 1.807) is 12.3 Å². The van der Waals surface area contributed by atoms with E-state index in [1.165, 1.54) is 6.20 Å². The maximum Gasteiger partial charge on any atom is 0.255 e. The van der Waals surface area contributed by atoms with Gasteiger partial charge in [-0.05, 0) is 31.7 Å². The Labute approximate surface area is 162 Å². The summed E-state index contributed by atoms with van der Waals surface area (Å²) >= 11 is 0. The molecular weight excluding hydrogens is 361 g/mol. The Morgan fingerprint density at radius 2 is 1.89 bits per heavy atom. The summed E-state index contributed by atoms with van der Waals surface area (Å²) in [6, 6.07) is 1.73. The molecular formula is C20H24FN5O2. The van der Waals surface area contributed by atoms with Crippen LogP contribution in [0.15, 0.2) is 23.3 Å². The molecule has 2 aromatic heterocycles. The average Bonchev–Trinajstić information content (AvgIpc) is 3.08. The van der Waals surface area contributed by atoms with Crippen molar-refractivity contribution in [1.82, 2.24) is 15.0 Å². The second-order valence-corrected chi connectivity index (χ2v) is 7.91. The lowest BCUT2D eigenvalue weighted by Gasteiger charge is -2.40. The van der Waals surface area contributed by atoms with Crippen molar-refractivity contribution in [3.63, 3.8) is 0 Å². The zero-order chi connectivity index (χ0) is 19.1. The van der Waals surface area contributed by atoms with Gasteiger partial charge in [0.25, 0.3) is 5.56 Å². The van der Waals surface area contributed by atoms with E-state index in [2.05, 4.69) is 19.8 Å². The van der Waals surface area contributed by atoms with Crippen LogP contribution in [0.4, 0.5) is 16.0 Å². The van der Waals surface area contributed by atoms with Gasteiger partial charge in [-0.15, -0.1) is 0 Å². The Bertz CT molecular complexity index is 932. The fourth-order valence-electron chi connectivity index (χ4n) is 4.85. The summed E-state index contributed by atoms with van der Waals surface area (Å²) in [7, 11) is 0. The average molecular weight is 385 g/mol. The van der Waals surface area contributed by atoms with Crippen molar-refractivity contribution in [1.29, 1.82) is 0 Å². The predicted molar refractivity (Wildman–Crippen MR) is 104 cm³/mol. The zero-order valence-corrected chi connectivity index (χ0v) is 15.8. The second kappa shape index (κ2) is 6.84. The first-order chi connectivity index (χ1) is 13.7. The third-order valence-corrected chi connectivity index (χ3v) is 6.48. The van der Waals surface area contributed by atoms with Crippen molar-refractivity contribution < 1.29 is 9.13 Å². The van der Waals surface area contributed by atoms with Gasteiger partial charge in [-0.3, -0.25) is 14.8 Å². The van der Waals surface area contributed by atoms with E-state index >= 15 is 0 Å². The number of morpholine rings is 1. The van der Waals surface area contributed by atoms with Crippen molar-refractivity contribution in [3.8, 4) is 0 Å². The molecule has 0 atom stereocenters. The lowest BCUT2D eigenvalue weighted by atomic mass is 9.76. The van der Waals surface area contributed by atoms with Crippen molar-refractivity contribution in [2.24, 2.45) is 0 Å². The van der Waals surface area contributed by atoms with E-state index in [0.717, 1.165) is 63.1 Å². The summed E-state index contributed by atoms with van der Waals surface area (Å²) in [4.78, 5) is 28.6. The number of piperidine rings is 1. The van der Waals surface area contributed by atoms with Crippen LogP contribution in [0, 0.1) is 5.82 Å². The summed E-state index contributed by atoms with van der Waals surface area (Å²) in [5, 5.41) is 0. The number of H-pyrrole nitrogens is 1. The van der Waals surface area contributed by atoms with Crippen LogP contribution in [-0.4, -0.2) is 54.3 Å². The normalized spacial score (nSPS) is 21.2. The molecule has 7 nitrogen and oxygen atoms in total. The highest BCUT2D eigenvalue weighted by Gasteiger charge is 2.44. The Kier molecular flexibility index (Phi) is 4.30. The van der Waals surface area contributed by atoms with E-state index in [1.807, 2.05) is 0 Å². The van der Waals surface area contributed by atoms with E-state index in [4.69, 9.17) is 9.72 Å². The SMILES string of the molecule is O=c1[nH]c(N2CCOCC2)nc2c1CCC21CCN(c2ccncc2F)CC1. The van der Waals surface area contributed by atoms with Crippen LogP contribution < -0.4 is 15.4 Å². The number of halogens is 1. The molecule has 2 saturated heterocycles. The van der Waals surface area contributed by atoms with E-state index < -0.39 is 0 Å². The third kappa shape index (κ3) is 2.87. The molecule has 8 heteroatoms. The standard InChI is InChI=1S/C20H24FN5O2/c21-15-13-22-6-2-16(15)25-7-4-20(5-8-25)3-1-14-17(20)23-19(24-18(14)27)26-9-11-28-12-10-26/h2,6,13H,1,3-5,7-12H2,(H,23,24,27). The smallest absolute Gasteiger partial charge is 0.255 e. The van der Waals surface area contributed by atoms with Gasteiger partial charge in [0.05, 0.1) is 30.8 Å². The molecule has 0 saturated carbocycles.